The Morgan fingerprint density at radius 1 is 1.14 bits per heavy atom. The predicted molar refractivity (Wildman–Crippen MR) is 98.1 cm³/mol. The van der Waals surface area contributed by atoms with Gasteiger partial charge in [-0.3, -0.25) is 0 Å². The van der Waals surface area contributed by atoms with Crippen LogP contribution in [0.4, 0.5) is 4.79 Å². The minimum absolute atomic E-state index is 0.147. The second-order valence-electron chi connectivity index (χ2n) is 6.54. The molecule has 1 N–H and O–H groups in total. The Morgan fingerprint density at radius 3 is 2.64 bits per heavy atom. The third kappa shape index (κ3) is 5.06. The van der Waals surface area contributed by atoms with Crippen molar-refractivity contribution in [2.75, 3.05) is 33.0 Å². The number of hydrogen-bond donors (Lipinski definition) is 1. The van der Waals surface area contributed by atoms with E-state index in [4.69, 9.17) is 18.9 Å². The van der Waals surface area contributed by atoms with Crippen molar-refractivity contribution in [3.05, 3.63) is 18.2 Å². The van der Waals surface area contributed by atoms with Gasteiger partial charge in [-0.2, -0.15) is 0 Å². The molecule has 1 amide bonds. The van der Waals surface area contributed by atoms with Gasteiger partial charge in [-0.05, 0) is 44.2 Å². The Labute approximate surface area is 164 Å². The van der Waals surface area contributed by atoms with E-state index in [1.165, 1.54) is 18.2 Å². The van der Waals surface area contributed by atoms with Crippen molar-refractivity contribution in [2.24, 2.45) is 0 Å². The molecule has 0 aliphatic carbocycles. The predicted octanol–water partition coefficient (Wildman–Crippen LogP) is 2.45. The second-order valence-corrected chi connectivity index (χ2v) is 8.40. The lowest BCUT2D eigenvalue weighted by atomic mass is 10.2. The summed E-state index contributed by atoms with van der Waals surface area (Å²) in [6, 6.07) is 4.09. The van der Waals surface area contributed by atoms with Crippen molar-refractivity contribution in [2.45, 2.75) is 43.3 Å². The zero-order chi connectivity index (χ0) is 20.0. The molecular formula is C18H25NO8S. The third-order valence-corrected chi connectivity index (χ3v) is 6.28. The molecule has 2 heterocycles. The minimum atomic E-state index is -4.21. The third-order valence-electron chi connectivity index (χ3n) is 4.51. The second kappa shape index (κ2) is 9.44. The fourth-order valence-corrected chi connectivity index (χ4v) is 4.37. The molecule has 10 heteroatoms. The van der Waals surface area contributed by atoms with Crippen LogP contribution in [0.5, 0.6) is 11.5 Å². The van der Waals surface area contributed by atoms with Crippen molar-refractivity contribution >= 4 is 16.1 Å². The topological polar surface area (TPSA) is 112 Å². The molecule has 9 nitrogen and oxygen atoms in total. The zero-order valence-corrected chi connectivity index (χ0v) is 16.4. The van der Waals surface area contributed by atoms with Crippen LogP contribution in [0.3, 0.4) is 0 Å². The van der Waals surface area contributed by atoms with Gasteiger partial charge in [0.1, 0.15) is 13.2 Å². The zero-order valence-electron chi connectivity index (χ0n) is 15.5. The number of hydrogen-bond acceptors (Lipinski definition) is 7. The normalized spacial score (nSPS) is 19.2. The fourth-order valence-electron chi connectivity index (χ4n) is 3.04. The minimum Gasteiger partial charge on any atom is -0.486 e. The molecule has 1 aromatic rings. The van der Waals surface area contributed by atoms with Crippen molar-refractivity contribution in [1.82, 2.24) is 4.31 Å². The van der Waals surface area contributed by atoms with Crippen LogP contribution in [0.1, 0.15) is 32.1 Å². The quantitative estimate of drug-likeness (QED) is 0.645. The molecule has 1 fully saturated rings. The van der Waals surface area contributed by atoms with Crippen LogP contribution in [-0.4, -0.2) is 63.2 Å². The average Bonchev–Trinajstić information content (AvgIpc) is 2.70. The molecule has 0 bridgehead atoms. The molecule has 0 radical (unpaired) electrons. The Hall–Kier alpha value is -2.04. The summed E-state index contributed by atoms with van der Waals surface area (Å²) in [5.74, 6) is 0.729. The van der Waals surface area contributed by atoms with Gasteiger partial charge in [0.25, 0.3) is 10.0 Å². The molecule has 28 heavy (non-hydrogen) atoms. The number of sulfonamides is 1. The van der Waals surface area contributed by atoms with Crippen LogP contribution in [-0.2, 0) is 19.5 Å². The molecular weight excluding hydrogens is 390 g/mol. The summed E-state index contributed by atoms with van der Waals surface area (Å²) >= 11 is 0. The van der Waals surface area contributed by atoms with E-state index in [-0.39, 0.29) is 17.7 Å². The Morgan fingerprint density at radius 2 is 1.93 bits per heavy atom. The molecule has 0 saturated carbocycles. The number of benzene rings is 1. The number of fused-ring (bicyclic) bond motifs is 1. The first kappa shape index (κ1) is 20.7. The monoisotopic (exact) mass is 415 g/mol. The SMILES string of the molecule is O=C(O)N(CCCCOC1CCCCO1)S(=O)(=O)c1ccc2c(c1)OCCO2. The number of nitrogens with zero attached hydrogens (tertiary/aromatic N) is 1. The fraction of sp³-hybridized carbons (Fsp3) is 0.611. The number of ether oxygens (including phenoxy) is 4. The van der Waals surface area contributed by atoms with Crippen LogP contribution in [0.2, 0.25) is 0 Å². The van der Waals surface area contributed by atoms with Crippen molar-refractivity contribution in [3.8, 4) is 11.5 Å². The summed E-state index contributed by atoms with van der Waals surface area (Å²) in [4.78, 5) is 11.4. The molecule has 0 aromatic heterocycles. The van der Waals surface area contributed by atoms with Gasteiger partial charge in [0.15, 0.2) is 17.8 Å². The van der Waals surface area contributed by atoms with Gasteiger partial charge in [0.05, 0.1) is 4.90 Å². The van der Waals surface area contributed by atoms with Crippen molar-refractivity contribution < 1.29 is 37.3 Å². The van der Waals surface area contributed by atoms with E-state index < -0.39 is 16.1 Å². The summed E-state index contributed by atoms with van der Waals surface area (Å²) in [5, 5.41) is 9.41. The molecule has 2 aliphatic heterocycles. The van der Waals surface area contributed by atoms with E-state index in [9.17, 15) is 18.3 Å². The average molecular weight is 415 g/mol. The van der Waals surface area contributed by atoms with Crippen LogP contribution in [0, 0.1) is 0 Å². The first-order valence-electron chi connectivity index (χ1n) is 9.37. The van der Waals surface area contributed by atoms with Gasteiger partial charge >= 0.3 is 6.09 Å². The molecule has 1 atom stereocenters. The standard InChI is InChI=1S/C18H25NO8S/c20-18(21)19(8-2-4-10-27-17-5-1-3-9-26-17)28(22,23)14-6-7-15-16(13-14)25-12-11-24-15/h6-7,13,17H,1-5,8-12H2,(H,20,21). The number of rotatable bonds is 8. The number of carboxylic acid groups (broad SMARTS) is 1. The summed E-state index contributed by atoms with van der Waals surface area (Å²) in [7, 11) is -4.21. The molecule has 3 rings (SSSR count). The molecule has 1 saturated heterocycles. The summed E-state index contributed by atoms with van der Waals surface area (Å²) in [6.45, 7) is 1.62. The van der Waals surface area contributed by atoms with Crippen LogP contribution in [0.15, 0.2) is 23.1 Å². The van der Waals surface area contributed by atoms with Crippen molar-refractivity contribution in [3.63, 3.8) is 0 Å². The lowest BCUT2D eigenvalue weighted by Gasteiger charge is -2.23. The molecule has 2 aliphatic rings. The van der Waals surface area contributed by atoms with Gasteiger partial charge in [0, 0.05) is 25.8 Å². The van der Waals surface area contributed by atoms with Gasteiger partial charge in [0.2, 0.25) is 0 Å². The van der Waals surface area contributed by atoms with E-state index in [1.54, 1.807) is 0 Å². The molecule has 1 aromatic carbocycles. The number of carbonyl (C=O) groups is 1. The van der Waals surface area contributed by atoms with Gasteiger partial charge < -0.3 is 24.1 Å². The number of unbranched alkanes of at least 4 members (excludes halogenated alkanes) is 1. The van der Waals surface area contributed by atoms with Crippen LogP contribution in [0.25, 0.3) is 0 Å². The number of amides is 1. The van der Waals surface area contributed by atoms with E-state index in [1.807, 2.05) is 0 Å². The maximum atomic E-state index is 12.8. The highest BCUT2D eigenvalue weighted by atomic mass is 32.2. The molecule has 0 spiro atoms. The van der Waals surface area contributed by atoms with E-state index in [0.717, 1.165) is 19.3 Å². The summed E-state index contributed by atoms with van der Waals surface area (Å²) in [5.41, 5.74) is 0. The van der Waals surface area contributed by atoms with E-state index >= 15 is 0 Å². The van der Waals surface area contributed by atoms with Crippen molar-refractivity contribution in [1.29, 1.82) is 0 Å². The van der Waals surface area contributed by atoms with Gasteiger partial charge in [-0.25, -0.2) is 17.5 Å². The van der Waals surface area contributed by atoms with E-state index in [0.29, 0.717) is 55.1 Å². The largest absolute Gasteiger partial charge is 0.486 e. The lowest BCUT2D eigenvalue weighted by molar-refractivity contribution is -0.162. The van der Waals surface area contributed by atoms with Crippen LogP contribution < -0.4 is 9.47 Å². The van der Waals surface area contributed by atoms with Gasteiger partial charge in [-0.15, -0.1) is 0 Å². The highest BCUT2D eigenvalue weighted by Gasteiger charge is 2.30. The highest BCUT2D eigenvalue weighted by Crippen LogP contribution is 2.33. The molecule has 156 valence electrons. The van der Waals surface area contributed by atoms with E-state index in [2.05, 4.69) is 0 Å². The smallest absolute Gasteiger partial charge is 0.421 e. The summed E-state index contributed by atoms with van der Waals surface area (Å²) in [6.07, 6.45) is 2.08. The lowest BCUT2D eigenvalue weighted by Crippen LogP contribution is -2.36. The summed E-state index contributed by atoms with van der Waals surface area (Å²) < 4.78 is 47.8. The van der Waals surface area contributed by atoms with Gasteiger partial charge in [-0.1, -0.05) is 0 Å². The first-order chi connectivity index (χ1) is 13.5. The Balaban J connectivity index is 1.57. The first-order valence-corrected chi connectivity index (χ1v) is 10.8. The maximum absolute atomic E-state index is 12.8. The Bertz CT molecular complexity index is 776. The Kier molecular flexibility index (Phi) is 6.97. The van der Waals surface area contributed by atoms with Crippen LogP contribution >= 0.6 is 0 Å². The maximum Gasteiger partial charge on any atom is 0.421 e. The molecule has 1 unspecified atom stereocenters. The highest BCUT2D eigenvalue weighted by molar-refractivity contribution is 7.89.